The van der Waals surface area contributed by atoms with Gasteiger partial charge in [0, 0.05) is 20.1 Å². The maximum atomic E-state index is 13.2. The molecule has 7 nitrogen and oxygen atoms in total. The summed E-state index contributed by atoms with van der Waals surface area (Å²) in [6.07, 6.45) is 0. The lowest BCUT2D eigenvalue weighted by atomic mass is 10.1. The first-order chi connectivity index (χ1) is 14.6. The zero-order chi connectivity index (χ0) is 23.2. The third-order valence-corrected chi connectivity index (χ3v) is 6.86. The van der Waals surface area contributed by atoms with Crippen LogP contribution < -0.4 is 5.32 Å². The van der Waals surface area contributed by atoms with Crippen LogP contribution in [-0.2, 0) is 26.2 Å². The molecule has 2 aromatic carbocycles. The van der Waals surface area contributed by atoms with Crippen LogP contribution in [0.15, 0.2) is 53.4 Å². The van der Waals surface area contributed by atoms with Gasteiger partial charge in [0.1, 0.15) is 6.04 Å². The number of aryl methyl sites for hydroxylation is 2. The number of hydrogen-bond acceptors (Lipinski definition) is 4. The normalized spacial score (nSPS) is 12.5. The molecule has 168 valence electrons. The van der Waals surface area contributed by atoms with Gasteiger partial charge in [-0.3, -0.25) is 9.59 Å². The number of benzene rings is 2. The smallest absolute Gasteiger partial charge is 0.243 e. The second-order valence-corrected chi connectivity index (χ2v) is 9.70. The van der Waals surface area contributed by atoms with Crippen molar-refractivity contribution in [3.05, 3.63) is 65.2 Å². The van der Waals surface area contributed by atoms with Gasteiger partial charge in [0.15, 0.2) is 0 Å². The van der Waals surface area contributed by atoms with Gasteiger partial charge < -0.3 is 10.2 Å². The first-order valence-electron chi connectivity index (χ1n) is 10.2. The van der Waals surface area contributed by atoms with Gasteiger partial charge in [-0.25, -0.2) is 8.42 Å². The van der Waals surface area contributed by atoms with Gasteiger partial charge in [-0.15, -0.1) is 0 Å². The molecule has 2 rings (SSSR count). The van der Waals surface area contributed by atoms with Crippen molar-refractivity contribution < 1.29 is 18.0 Å². The Morgan fingerprint density at radius 2 is 1.68 bits per heavy atom. The molecule has 0 aromatic heterocycles. The molecular weight excluding hydrogens is 414 g/mol. The summed E-state index contributed by atoms with van der Waals surface area (Å²) in [6, 6.07) is 13.4. The summed E-state index contributed by atoms with van der Waals surface area (Å²) in [5, 5.41) is 2.73. The summed E-state index contributed by atoms with van der Waals surface area (Å²) in [5.41, 5.74) is 2.85. The summed E-state index contributed by atoms with van der Waals surface area (Å²) >= 11 is 0. The van der Waals surface area contributed by atoms with E-state index in [0.717, 1.165) is 21.0 Å². The van der Waals surface area contributed by atoms with E-state index in [1.165, 1.54) is 24.1 Å². The van der Waals surface area contributed by atoms with Crippen LogP contribution in [0.5, 0.6) is 0 Å². The zero-order valence-electron chi connectivity index (χ0n) is 18.8. The van der Waals surface area contributed by atoms with E-state index >= 15 is 0 Å². The minimum Gasteiger partial charge on any atom is -0.355 e. The topological polar surface area (TPSA) is 86.8 Å². The second-order valence-electron chi connectivity index (χ2n) is 7.66. The zero-order valence-corrected chi connectivity index (χ0v) is 19.6. The molecule has 0 radical (unpaired) electrons. The quantitative estimate of drug-likeness (QED) is 0.642. The molecule has 2 amide bonds. The molecule has 0 aliphatic rings. The van der Waals surface area contributed by atoms with Gasteiger partial charge in [0.2, 0.25) is 21.8 Å². The van der Waals surface area contributed by atoms with E-state index in [1.807, 2.05) is 38.1 Å². The van der Waals surface area contributed by atoms with Gasteiger partial charge in [-0.05, 0) is 45.4 Å². The van der Waals surface area contributed by atoms with E-state index in [-0.39, 0.29) is 23.9 Å². The molecule has 0 fully saturated rings. The monoisotopic (exact) mass is 445 g/mol. The predicted molar refractivity (Wildman–Crippen MR) is 121 cm³/mol. The Morgan fingerprint density at radius 3 is 2.26 bits per heavy atom. The molecule has 2 aromatic rings. The highest BCUT2D eigenvalue weighted by Crippen LogP contribution is 2.17. The molecular formula is C23H31N3O4S. The first kappa shape index (κ1) is 24.6. The molecule has 31 heavy (non-hydrogen) atoms. The van der Waals surface area contributed by atoms with Crippen LogP contribution in [0.3, 0.4) is 0 Å². The molecule has 0 aliphatic heterocycles. The minimum absolute atomic E-state index is 0.121. The standard InChI is InChI=1S/C23H31N3O4S/c1-6-24-23(28)19(4)26(15-20-9-7-8-18(3)14-20)22(27)16-25(5)31(29,30)21-12-10-17(2)11-13-21/h7-14,19H,6,15-16H2,1-5H3,(H,24,28)/t19-/m0/s1. The van der Waals surface area contributed by atoms with E-state index in [2.05, 4.69) is 5.32 Å². The number of hydrogen-bond donors (Lipinski definition) is 1. The average Bonchev–Trinajstić information content (AvgIpc) is 2.72. The number of sulfonamides is 1. The van der Waals surface area contributed by atoms with Crippen molar-refractivity contribution in [3.63, 3.8) is 0 Å². The molecule has 0 spiro atoms. The van der Waals surface area contributed by atoms with E-state index in [9.17, 15) is 18.0 Å². The van der Waals surface area contributed by atoms with Crippen LogP contribution in [-0.4, -0.2) is 55.6 Å². The van der Waals surface area contributed by atoms with Crippen molar-refractivity contribution in [1.82, 2.24) is 14.5 Å². The third kappa shape index (κ3) is 6.38. The third-order valence-electron chi connectivity index (χ3n) is 5.04. The Morgan fingerprint density at radius 1 is 1.03 bits per heavy atom. The SMILES string of the molecule is CCNC(=O)[C@H](C)N(Cc1cccc(C)c1)C(=O)CN(C)S(=O)(=O)c1ccc(C)cc1. The number of likely N-dealkylation sites (N-methyl/N-ethyl adjacent to an activating group) is 2. The van der Waals surface area contributed by atoms with E-state index < -0.39 is 22.0 Å². The highest BCUT2D eigenvalue weighted by atomic mass is 32.2. The fourth-order valence-corrected chi connectivity index (χ4v) is 4.29. The number of nitrogens with one attached hydrogen (secondary N) is 1. The van der Waals surface area contributed by atoms with Crippen molar-refractivity contribution in [3.8, 4) is 0 Å². The second kappa shape index (κ2) is 10.5. The molecule has 8 heteroatoms. The molecule has 0 heterocycles. The number of amides is 2. The Bertz CT molecular complexity index is 1020. The first-order valence-corrected chi connectivity index (χ1v) is 11.7. The van der Waals surface area contributed by atoms with E-state index in [4.69, 9.17) is 0 Å². The Labute approximate surface area is 185 Å². The van der Waals surface area contributed by atoms with Crippen molar-refractivity contribution in [1.29, 1.82) is 0 Å². The van der Waals surface area contributed by atoms with Crippen LogP contribution in [0.4, 0.5) is 0 Å². The number of rotatable bonds is 9. The molecule has 0 saturated heterocycles. The van der Waals surface area contributed by atoms with Crippen LogP contribution in [0.1, 0.15) is 30.5 Å². The van der Waals surface area contributed by atoms with Crippen molar-refractivity contribution in [2.24, 2.45) is 0 Å². The fraction of sp³-hybridized carbons (Fsp3) is 0.391. The van der Waals surface area contributed by atoms with Gasteiger partial charge >= 0.3 is 0 Å². The number of nitrogens with zero attached hydrogens (tertiary/aromatic N) is 2. The number of carbonyl (C=O) groups excluding carboxylic acids is 2. The van der Waals surface area contributed by atoms with Crippen LogP contribution in [0.25, 0.3) is 0 Å². The van der Waals surface area contributed by atoms with Crippen LogP contribution in [0.2, 0.25) is 0 Å². The summed E-state index contributed by atoms with van der Waals surface area (Å²) in [6.45, 7) is 7.55. The van der Waals surface area contributed by atoms with Crippen molar-refractivity contribution in [2.75, 3.05) is 20.1 Å². The van der Waals surface area contributed by atoms with Gasteiger partial charge in [0.05, 0.1) is 11.4 Å². The van der Waals surface area contributed by atoms with E-state index in [1.54, 1.807) is 26.0 Å². The largest absolute Gasteiger partial charge is 0.355 e. The maximum absolute atomic E-state index is 13.2. The summed E-state index contributed by atoms with van der Waals surface area (Å²) in [4.78, 5) is 27.1. The van der Waals surface area contributed by atoms with Gasteiger partial charge in [-0.2, -0.15) is 4.31 Å². The summed E-state index contributed by atoms with van der Waals surface area (Å²) in [7, 11) is -2.47. The lowest BCUT2D eigenvalue weighted by Gasteiger charge is -2.30. The minimum atomic E-state index is -3.83. The fourth-order valence-electron chi connectivity index (χ4n) is 3.17. The number of carbonyl (C=O) groups is 2. The highest BCUT2D eigenvalue weighted by Gasteiger charge is 2.30. The molecule has 0 unspecified atom stereocenters. The molecule has 1 N–H and O–H groups in total. The Balaban J connectivity index is 2.26. The predicted octanol–water partition coefficient (Wildman–Crippen LogP) is 2.48. The van der Waals surface area contributed by atoms with E-state index in [0.29, 0.717) is 6.54 Å². The highest BCUT2D eigenvalue weighted by molar-refractivity contribution is 7.89. The lowest BCUT2D eigenvalue weighted by molar-refractivity contribution is -0.140. The molecule has 0 bridgehead atoms. The molecule has 1 atom stereocenters. The maximum Gasteiger partial charge on any atom is 0.243 e. The summed E-state index contributed by atoms with van der Waals surface area (Å²) < 4.78 is 26.8. The molecule has 0 saturated carbocycles. The van der Waals surface area contributed by atoms with Gasteiger partial charge in [0.25, 0.3) is 0 Å². The molecule has 0 aliphatic carbocycles. The summed E-state index contributed by atoms with van der Waals surface area (Å²) in [5.74, 6) is -0.731. The van der Waals surface area contributed by atoms with Crippen molar-refractivity contribution >= 4 is 21.8 Å². The van der Waals surface area contributed by atoms with Crippen LogP contribution in [0, 0.1) is 13.8 Å². The average molecular weight is 446 g/mol. The Hall–Kier alpha value is -2.71. The lowest BCUT2D eigenvalue weighted by Crippen LogP contribution is -2.50. The Kier molecular flexibility index (Phi) is 8.36. The van der Waals surface area contributed by atoms with Crippen molar-refractivity contribution in [2.45, 2.75) is 45.2 Å². The van der Waals surface area contributed by atoms with Gasteiger partial charge in [-0.1, -0.05) is 47.5 Å². The van der Waals surface area contributed by atoms with Crippen LogP contribution >= 0.6 is 0 Å².